The highest BCUT2D eigenvalue weighted by atomic mass is 79.9. The molecular formula is C30H33BrF3N5O4. The van der Waals surface area contributed by atoms with E-state index in [1.54, 1.807) is 0 Å². The third-order valence-corrected chi connectivity index (χ3v) is 7.47. The molecule has 2 N–H and O–H groups in total. The van der Waals surface area contributed by atoms with Crippen LogP contribution in [0.15, 0.2) is 71.5 Å². The number of carbonyl (C=O) groups excluding carboxylic acids is 1. The molecular weight excluding hydrogens is 631 g/mol. The van der Waals surface area contributed by atoms with Crippen LogP contribution in [0.4, 0.5) is 24.5 Å². The summed E-state index contributed by atoms with van der Waals surface area (Å²) in [4.78, 5) is 33.2. The quantitative estimate of drug-likeness (QED) is 0.380. The number of alkyl halides is 3. The number of hydrogen-bond acceptors (Lipinski definition) is 7. The number of ether oxygens (including phenoxy) is 1. The first kappa shape index (κ1) is 32.2. The van der Waals surface area contributed by atoms with E-state index < -0.39 is 12.1 Å². The predicted molar refractivity (Wildman–Crippen MR) is 160 cm³/mol. The van der Waals surface area contributed by atoms with Gasteiger partial charge in [-0.1, -0.05) is 40.2 Å². The molecule has 2 aliphatic heterocycles. The van der Waals surface area contributed by atoms with Crippen LogP contribution in [-0.2, 0) is 22.6 Å². The molecule has 0 bridgehead atoms. The smallest absolute Gasteiger partial charge is 0.475 e. The Labute approximate surface area is 256 Å². The number of amides is 1. The molecule has 0 spiro atoms. The van der Waals surface area contributed by atoms with Crippen LogP contribution in [0.3, 0.4) is 0 Å². The molecule has 1 aromatic heterocycles. The van der Waals surface area contributed by atoms with Gasteiger partial charge in [-0.15, -0.1) is 0 Å². The number of piperazine rings is 1. The van der Waals surface area contributed by atoms with E-state index in [0.29, 0.717) is 12.1 Å². The lowest BCUT2D eigenvalue weighted by molar-refractivity contribution is -0.192. The summed E-state index contributed by atoms with van der Waals surface area (Å²) in [6, 6.07) is 18.6. The summed E-state index contributed by atoms with van der Waals surface area (Å²) < 4.78 is 38.1. The standard InChI is InChI=1S/C28H32BrN5O2.C2HF3O2/c29-25-17-24(18-27(19-25)34-10-8-33(9-11-34)26-4-6-30-7-5-26)28(35)31-20-22-2-1-3-23(16-22)21-32-12-14-36-15-13-32;3-2(4,5)1(6)7/h1-7,16-19H,8-15,20-21H2,(H,31,35);(H,6,7). The van der Waals surface area contributed by atoms with Gasteiger partial charge in [-0.05, 0) is 41.5 Å². The van der Waals surface area contributed by atoms with Crippen molar-refractivity contribution in [2.45, 2.75) is 19.3 Å². The molecule has 5 rings (SSSR count). The molecule has 230 valence electrons. The Bertz CT molecular complexity index is 1370. The second-order valence-electron chi connectivity index (χ2n) is 10.1. The lowest BCUT2D eigenvalue weighted by Gasteiger charge is -2.37. The third kappa shape index (κ3) is 9.94. The van der Waals surface area contributed by atoms with Gasteiger partial charge in [0, 0.05) is 86.2 Å². The number of aromatic nitrogens is 1. The van der Waals surface area contributed by atoms with Crippen LogP contribution in [0.2, 0.25) is 0 Å². The van der Waals surface area contributed by atoms with Crippen molar-refractivity contribution in [1.29, 1.82) is 0 Å². The van der Waals surface area contributed by atoms with Crippen molar-refractivity contribution >= 4 is 39.2 Å². The van der Waals surface area contributed by atoms with Gasteiger partial charge in [0.05, 0.1) is 13.2 Å². The highest BCUT2D eigenvalue weighted by Gasteiger charge is 2.38. The van der Waals surface area contributed by atoms with E-state index in [1.165, 1.54) is 11.3 Å². The normalized spacial score (nSPS) is 15.8. The highest BCUT2D eigenvalue weighted by molar-refractivity contribution is 9.10. The Balaban J connectivity index is 0.000000541. The van der Waals surface area contributed by atoms with Gasteiger partial charge in [0.2, 0.25) is 0 Å². The van der Waals surface area contributed by atoms with Crippen molar-refractivity contribution in [3.8, 4) is 0 Å². The largest absolute Gasteiger partial charge is 0.490 e. The minimum Gasteiger partial charge on any atom is -0.475 e. The number of benzene rings is 2. The molecule has 2 saturated heterocycles. The highest BCUT2D eigenvalue weighted by Crippen LogP contribution is 2.25. The van der Waals surface area contributed by atoms with Crippen molar-refractivity contribution < 1.29 is 32.6 Å². The first-order valence-corrected chi connectivity index (χ1v) is 14.5. The molecule has 0 radical (unpaired) electrons. The number of hydrogen-bond donors (Lipinski definition) is 2. The maximum Gasteiger partial charge on any atom is 0.490 e. The van der Waals surface area contributed by atoms with Crippen LogP contribution < -0.4 is 15.1 Å². The van der Waals surface area contributed by atoms with Crippen LogP contribution >= 0.6 is 15.9 Å². The molecule has 0 unspecified atom stereocenters. The van der Waals surface area contributed by atoms with Crippen molar-refractivity contribution in [3.05, 3.63) is 88.2 Å². The zero-order valence-electron chi connectivity index (χ0n) is 23.4. The van der Waals surface area contributed by atoms with Crippen molar-refractivity contribution in [3.63, 3.8) is 0 Å². The lowest BCUT2D eigenvalue weighted by atomic mass is 10.1. The number of pyridine rings is 1. The molecule has 1 amide bonds. The number of carboxylic acid groups (broad SMARTS) is 1. The number of halogens is 4. The Hall–Kier alpha value is -3.68. The number of carbonyl (C=O) groups is 2. The average molecular weight is 665 g/mol. The SMILES string of the molecule is O=C(NCc1cccc(CN2CCOCC2)c1)c1cc(Br)cc(N2CCN(c3ccncc3)CC2)c1.O=C(O)C(F)(F)F. The molecule has 0 saturated carbocycles. The van der Waals surface area contributed by atoms with E-state index in [1.807, 2.05) is 24.5 Å². The van der Waals surface area contributed by atoms with Gasteiger partial charge in [-0.25, -0.2) is 4.79 Å². The fourth-order valence-electron chi connectivity index (χ4n) is 4.81. The van der Waals surface area contributed by atoms with Crippen LogP contribution in [0.5, 0.6) is 0 Å². The predicted octanol–water partition coefficient (Wildman–Crippen LogP) is 4.57. The first-order chi connectivity index (χ1) is 20.6. The number of aliphatic carboxylic acids is 1. The Morgan fingerprint density at radius 1 is 0.884 bits per heavy atom. The van der Waals surface area contributed by atoms with E-state index in [2.05, 4.69) is 83.4 Å². The van der Waals surface area contributed by atoms with E-state index in [9.17, 15) is 18.0 Å². The summed E-state index contributed by atoms with van der Waals surface area (Å²) in [6.07, 6.45) is -1.41. The second-order valence-corrected chi connectivity index (χ2v) is 11.0. The first-order valence-electron chi connectivity index (χ1n) is 13.8. The molecule has 2 fully saturated rings. The number of morpholine rings is 1. The zero-order chi connectivity index (χ0) is 30.8. The van der Waals surface area contributed by atoms with E-state index in [4.69, 9.17) is 14.6 Å². The number of anilines is 2. The summed E-state index contributed by atoms with van der Waals surface area (Å²) in [7, 11) is 0. The maximum absolute atomic E-state index is 13.1. The molecule has 3 aromatic rings. The summed E-state index contributed by atoms with van der Waals surface area (Å²) >= 11 is 3.61. The topological polar surface area (TPSA) is 98.2 Å². The van der Waals surface area contributed by atoms with Crippen LogP contribution in [0.25, 0.3) is 0 Å². The van der Waals surface area contributed by atoms with Gasteiger partial charge in [-0.2, -0.15) is 13.2 Å². The zero-order valence-corrected chi connectivity index (χ0v) is 25.0. The number of nitrogens with zero attached hydrogens (tertiary/aromatic N) is 4. The molecule has 2 aromatic carbocycles. The molecule has 2 aliphatic rings. The van der Waals surface area contributed by atoms with Crippen molar-refractivity contribution in [2.75, 3.05) is 62.3 Å². The summed E-state index contributed by atoms with van der Waals surface area (Å²) in [5.74, 6) is -2.82. The maximum atomic E-state index is 13.1. The van der Waals surface area contributed by atoms with E-state index in [0.717, 1.165) is 74.8 Å². The fraction of sp³-hybridized carbons (Fsp3) is 0.367. The Morgan fingerprint density at radius 2 is 1.49 bits per heavy atom. The summed E-state index contributed by atoms with van der Waals surface area (Å²) in [6.45, 7) is 8.59. The molecule has 0 aliphatic carbocycles. The Morgan fingerprint density at radius 3 is 2.12 bits per heavy atom. The van der Waals surface area contributed by atoms with Gasteiger partial charge in [0.25, 0.3) is 5.91 Å². The van der Waals surface area contributed by atoms with E-state index in [-0.39, 0.29) is 5.91 Å². The van der Waals surface area contributed by atoms with Gasteiger partial charge in [0.1, 0.15) is 0 Å². The minimum absolute atomic E-state index is 0.0634. The lowest BCUT2D eigenvalue weighted by Crippen LogP contribution is -2.46. The van der Waals surface area contributed by atoms with Crippen LogP contribution in [0.1, 0.15) is 21.5 Å². The van der Waals surface area contributed by atoms with Gasteiger partial charge >= 0.3 is 12.1 Å². The fourth-order valence-corrected chi connectivity index (χ4v) is 5.29. The summed E-state index contributed by atoms with van der Waals surface area (Å²) in [5, 5.41) is 10.2. The molecule has 9 nitrogen and oxygen atoms in total. The van der Waals surface area contributed by atoms with Crippen molar-refractivity contribution in [2.24, 2.45) is 0 Å². The third-order valence-electron chi connectivity index (χ3n) is 7.01. The van der Waals surface area contributed by atoms with Gasteiger partial charge in [-0.3, -0.25) is 14.7 Å². The van der Waals surface area contributed by atoms with Crippen LogP contribution in [0, 0.1) is 0 Å². The average Bonchev–Trinajstić information content (AvgIpc) is 3.00. The minimum atomic E-state index is -5.08. The van der Waals surface area contributed by atoms with Crippen molar-refractivity contribution in [1.82, 2.24) is 15.2 Å². The second kappa shape index (κ2) is 15.2. The number of rotatable bonds is 7. The molecule has 13 heteroatoms. The van der Waals surface area contributed by atoms with E-state index >= 15 is 0 Å². The number of nitrogens with one attached hydrogen (secondary N) is 1. The summed E-state index contributed by atoms with van der Waals surface area (Å²) in [5.41, 5.74) is 5.31. The Kier molecular flexibility index (Phi) is 11.4. The molecule has 3 heterocycles. The number of carboxylic acids is 1. The monoisotopic (exact) mass is 663 g/mol. The van der Waals surface area contributed by atoms with Gasteiger partial charge in [0.15, 0.2) is 0 Å². The van der Waals surface area contributed by atoms with Crippen LogP contribution in [-0.4, -0.2) is 85.5 Å². The van der Waals surface area contributed by atoms with Gasteiger partial charge < -0.3 is 25.0 Å². The molecule has 43 heavy (non-hydrogen) atoms. The molecule has 0 atom stereocenters.